The molecule has 0 unspecified atom stereocenters. The first-order valence-electron chi connectivity index (χ1n) is 3.73. The molecule has 0 aromatic carbocycles. The molecule has 4 N–H and O–H groups in total. The van der Waals surface area contributed by atoms with Crippen molar-refractivity contribution in [2.24, 2.45) is 0 Å². The molecular formula is C6H7IO9. The minimum atomic E-state index is -4.42. The second kappa shape index (κ2) is 4.68. The fraction of sp³-hybridized carbons (Fsp3) is 0.500. The Morgan fingerprint density at radius 1 is 1.50 bits per heavy atom. The average molecular weight is 350 g/mol. The highest BCUT2D eigenvalue weighted by molar-refractivity contribution is 5.89. The number of esters is 1. The molecule has 92 valence electrons. The quantitative estimate of drug-likeness (QED) is 0.219. The van der Waals surface area contributed by atoms with Crippen LogP contribution >= 0.6 is 0 Å². The van der Waals surface area contributed by atoms with E-state index in [4.69, 9.17) is 15.3 Å². The van der Waals surface area contributed by atoms with Gasteiger partial charge >= 0.3 is 32.8 Å². The average Bonchev–Trinajstić information content (AvgIpc) is 2.45. The van der Waals surface area contributed by atoms with Gasteiger partial charge in [0.2, 0.25) is 11.9 Å². The summed E-state index contributed by atoms with van der Waals surface area (Å²) in [4.78, 5) is 10.8. The molecule has 0 spiro atoms. The molecule has 1 aliphatic heterocycles. The summed E-state index contributed by atoms with van der Waals surface area (Å²) in [5, 5.41) is 36.3. The van der Waals surface area contributed by atoms with Crippen LogP contribution in [0.3, 0.4) is 0 Å². The fourth-order valence-corrected chi connectivity index (χ4v) is 2.00. The maximum absolute atomic E-state index is 10.8. The first-order chi connectivity index (χ1) is 7.31. The maximum atomic E-state index is 10.8. The number of aliphatic hydroxyl groups is 4. The Balaban J connectivity index is 2.95. The fourth-order valence-electron chi connectivity index (χ4n) is 1.01. The number of rotatable bonds is 4. The molecule has 0 bridgehead atoms. The van der Waals surface area contributed by atoms with E-state index in [0.717, 1.165) is 0 Å². The van der Waals surface area contributed by atoms with E-state index in [0.29, 0.717) is 0 Å². The maximum Gasteiger partial charge on any atom is 0.510 e. The van der Waals surface area contributed by atoms with E-state index in [-0.39, 0.29) is 0 Å². The lowest BCUT2D eigenvalue weighted by atomic mass is 10.1. The minimum Gasteiger partial charge on any atom is -0.505 e. The molecule has 10 heteroatoms. The van der Waals surface area contributed by atoms with Crippen LogP contribution in [0, 0.1) is 0 Å². The Hall–Kier alpha value is -0.660. The number of hydrogen-bond acceptors (Lipinski definition) is 9. The van der Waals surface area contributed by atoms with E-state index < -0.39 is 57.0 Å². The molecule has 0 fully saturated rings. The van der Waals surface area contributed by atoms with Gasteiger partial charge in [-0.3, -0.25) is 0 Å². The van der Waals surface area contributed by atoms with Gasteiger partial charge in [-0.2, -0.15) is 0 Å². The first-order valence-corrected chi connectivity index (χ1v) is 6.37. The summed E-state index contributed by atoms with van der Waals surface area (Å²) in [6.07, 6.45) is -1.99. The Bertz CT molecular complexity index is 326. The molecule has 0 aromatic heterocycles. The van der Waals surface area contributed by atoms with Crippen molar-refractivity contribution in [1.29, 1.82) is 0 Å². The predicted octanol–water partition coefficient (Wildman–Crippen LogP) is -6.97. The third kappa shape index (κ3) is 2.36. The van der Waals surface area contributed by atoms with E-state index in [1.165, 1.54) is 0 Å². The van der Waals surface area contributed by atoms with Gasteiger partial charge in [-0.15, -0.1) is 0 Å². The van der Waals surface area contributed by atoms with Crippen molar-refractivity contribution < 1.29 is 61.0 Å². The van der Waals surface area contributed by atoms with Crippen molar-refractivity contribution in [2.75, 3.05) is 6.61 Å². The van der Waals surface area contributed by atoms with Crippen molar-refractivity contribution in [1.82, 2.24) is 0 Å². The van der Waals surface area contributed by atoms with Crippen LogP contribution < -0.4 is 27.9 Å². The molecule has 1 aliphatic rings. The van der Waals surface area contributed by atoms with E-state index in [2.05, 4.69) is 7.80 Å². The van der Waals surface area contributed by atoms with Gasteiger partial charge in [0, 0.05) is 3.07 Å². The Labute approximate surface area is 97.2 Å². The van der Waals surface area contributed by atoms with Crippen LogP contribution in [0.1, 0.15) is 0 Å². The first kappa shape index (κ1) is 13.4. The van der Waals surface area contributed by atoms with Gasteiger partial charge in [0.05, 0.1) is 0 Å². The second-order valence-electron chi connectivity index (χ2n) is 2.79. The number of hydrogen-bond donors (Lipinski definition) is 4. The summed E-state index contributed by atoms with van der Waals surface area (Å²) >= 11 is -4.42. The van der Waals surface area contributed by atoms with Gasteiger partial charge in [0.25, 0.3) is 0 Å². The van der Waals surface area contributed by atoms with Gasteiger partial charge in [-0.25, -0.2) is 4.79 Å². The van der Waals surface area contributed by atoms with Crippen LogP contribution in [0.25, 0.3) is 0 Å². The standard InChI is InChI=1S/C6H7IO9/c8-1-6(12,16-7(13)14)4-2(9)3(10)5(11)15-4/h4,8-10,12H,1H2/t4-,6+/m0/s1. The number of carbonyl (C=O) groups is 1. The monoisotopic (exact) mass is 350 g/mol. The van der Waals surface area contributed by atoms with Gasteiger partial charge in [-0.05, 0) is 0 Å². The summed E-state index contributed by atoms with van der Waals surface area (Å²) in [6.45, 7) is -1.26. The second-order valence-corrected chi connectivity index (χ2v) is 4.31. The third-order valence-electron chi connectivity index (χ3n) is 1.74. The van der Waals surface area contributed by atoms with Crippen molar-refractivity contribution in [3.63, 3.8) is 0 Å². The van der Waals surface area contributed by atoms with Gasteiger partial charge < -0.3 is 32.0 Å². The lowest BCUT2D eigenvalue weighted by Crippen LogP contribution is -3.99. The Morgan fingerprint density at radius 2 is 2.06 bits per heavy atom. The number of aliphatic hydroxyl groups excluding tert-OH is 3. The molecule has 0 aliphatic carbocycles. The minimum absolute atomic E-state index is 1.11. The highest BCUT2D eigenvalue weighted by Gasteiger charge is 2.56. The van der Waals surface area contributed by atoms with Crippen LogP contribution in [0.4, 0.5) is 0 Å². The number of cyclic esters (lactones) is 1. The van der Waals surface area contributed by atoms with Gasteiger partial charge in [0.1, 0.15) is 6.61 Å². The third-order valence-corrected chi connectivity index (χ3v) is 2.86. The van der Waals surface area contributed by atoms with E-state index >= 15 is 0 Å². The zero-order chi connectivity index (χ0) is 12.5. The SMILES string of the molecule is O=C1O[C@H]([C@@](O)(CO)O[I+2]([O-])[O-])C(O)=C1O. The predicted molar refractivity (Wildman–Crippen MR) is 35.3 cm³/mol. The highest BCUT2D eigenvalue weighted by atomic mass is 127. The normalized spacial score (nSPS) is 24.8. The summed E-state index contributed by atoms with van der Waals surface area (Å²) in [6, 6.07) is 0. The van der Waals surface area contributed by atoms with Crippen LogP contribution in [-0.2, 0) is 12.6 Å². The smallest absolute Gasteiger partial charge is 0.505 e. The molecule has 16 heavy (non-hydrogen) atoms. The molecule has 0 saturated heterocycles. The molecule has 9 nitrogen and oxygen atoms in total. The number of ether oxygens (including phenoxy) is 1. The van der Waals surface area contributed by atoms with Crippen molar-refractivity contribution in [2.45, 2.75) is 11.9 Å². The van der Waals surface area contributed by atoms with Crippen molar-refractivity contribution in [3.8, 4) is 0 Å². The Morgan fingerprint density at radius 3 is 2.38 bits per heavy atom. The van der Waals surface area contributed by atoms with Crippen LogP contribution in [0.15, 0.2) is 11.5 Å². The zero-order valence-corrected chi connectivity index (χ0v) is 9.65. The summed E-state index contributed by atoms with van der Waals surface area (Å²) in [5.74, 6) is -6.49. The van der Waals surface area contributed by atoms with Gasteiger partial charge in [0.15, 0.2) is 5.76 Å². The van der Waals surface area contributed by atoms with E-state index in [1.54, 1.807) is 0 Å². The topological polar surface area (TPSA) is 163 Å². The van der Waals surface area contributed by atoms with E-state index in [9.17, 15) is 16.8 Å². The van der Waals surface area contributed by atoms with Crippen LogP contribution in [0.2, 0.25) is 0 Å². The largest absolute Gasteiger partial charge is 0.510 e. The van der Waals surface area contributed by atoms with Crippen LogP contribution in [-0.4, -0.2) is 44.9 Å². The molecule has 0 saturated carbocycles. The molecule has 1 heterocycles. The zero-order valence-electron chi connectivity index (χ0n) is 7.49. The number of carbonyl (C=O) groups excluding carboxylic acids is 1. The molecule has 0 radical (unpaired) electrons. The molecule has 2 atom stereocenters. The van der Waals surface area contributed by atoms with Crippen molar-refractivity contribution >= 4 is 5.97 Å². The number of halogens is 1. The highest BCUT2D eigenvalue weighted by Crippen LogP contribution is 2.27. The summed E-state index contributed by atoms with van der Waals surface area (Å²) in [7, 11) is 0. The molecule has 0 amide bonds. The molecule has 0 aromatic rings. The Kier molecular flexibility index (Phi) is 3.92. The lowest BCUT2D eigenvalue weighted by molar-refractivity contribution is -1.63. The van der Waals surface area contributed by atoms with Crippen LogP contribution in [0.5, 0.6) is 0 Å². The summed E-state index contributed by atoms with van der Waals surface area (Å²) < 4.78 is 28.9. The van der Waals surface area contributed by atoms with E-state index in [1.807, 2.05) is 0 Å². The summed E-state index contributed by atoms with van der Waals surface area (Å²) in [5.41, 5.74) is 0. The van der Waals surface area contributed by atoms with Crippen molar-refractivity contribution in [3.05, 3.63) is 11.5 Å². The molecular weight excluding hydrogens is 343 g/mol. The van der Waals surface area contributed by atoms with Gasteiger partial charge in [-0.1, -0.05) is 0 Å². The lowest BCUT2D eigenvalue weighted by Gasteiger charge is -2.23. The molecule has 1 rings (SSSR count).